The fraction of sp³-hybridized carbons (Fsp3) is 0.379. The quantitative estimate of drug-likeness (QED) is 0.0636. The van der Waals surface area contributed by atoms with Crippen LogP contribution < -0.4 is 16.6 Å². The smallest absolute Gasteiger partial charge is 0.394 e. The van der Waals surface area contributed by atoms with Crippen LogP contribution in [-0.2, 0) is 61.5 Å². The Bertz CT molecular complexity index is 2300. The molecule has 1 fully saturated rings. The molecule has 6 atom stereocenters. The number of anilines is 1. The van der Waals surface area contributed by atoms with E-state index in [1.807, 2.05) is 20.1 Å². The number of carbonyl (C=O) groups is 1. The molecule has 0 amide bonds. The number of benzene rings is 2. The number of nitrogens with zero attached hydrogens (tertiary/aromatic N) is 4. The molecule has 12 N–H and O–H groups in total. The van der Waals surface area contributed by atoms with E-state index in [4.69, 9.17) is 60.4 Å². The number of carboxylic acid groups (broad SMARTS) is 1. The summed E-state index contributed by atoms with van der Waals surface area (Å²) < 4.78 is 130. The number of aromatic nitrogens is 4. The first kappa shape index (κ1) is 53.0. The molecule has 0 spiro atoms. The molecule has 2 aromatic carbocycles. The summed E-state index contributed by atoms with van der Waals surface area (Å²) in [5.41, 5.74) is 13.9. The highest BCUT2D eigenvalue weighted by Crippen LogP contribution is 2.32. The van der Waals surface area contributed by atoms with E-state index in [0.717, 1.165) is 11.1 Å². The fourth-order valence-electron chi connectivity index (χ4n) is 4.38. The summed E-state index contributed by atoms with van der Waals surface area (Å²) in [5, 5.41) is 31.5. The molecule has 25 nitrogen and oxygen atoms in total. The Morgan fingerprint density at radius 3 is 1.61 bits per heavy atom. The van der Waals surface area contributed by atoms with Gasteiger partial charge in [-0.05, 0) is 49.0 Å². The molecule has 3 heterocycles. The number of aryl methyl sites for hydroxylation is 2. The van der Waals surface area contributed by atoms with Gasteiger partial charge in [-0.1, -0.05) is 35.4 Å². The van der Waals surface area contributed by atoms with Crippen LogP contribution >= 0.6 is 0 Å². The number of ether oxygens (including phenoxy) is 1. The second-order valence-electron chi connectivity index (χ2n) is 12.0. The molecule has 1 aliphatic heterocycles. The summed E-state index contributed by atoms with van der Waals surface area (Å²) in [4.78, 5) is 22.7. The molecule has 30 heteroatoms. The maximum Gasteiger partial charge on any atom is 0.394 e. The molecule has 4 aromatic rings. The van der Waals surface area contributed by atoms with E-state index < -0.39 is 77.6 Å². The van der Waals surface area contributed by atoms with E-state index in [1.54, 1.807) is 24.3 Å². The molecule has 1 saturated heterocycles. The molecular weight excluding hydrogens is 897 g/mol. The summed E-state index contributed by atoms with van der Waals surface area (Å²) in [7, 11) is -17.6. The highest BCUT2D eigenvalue weighted by molar-refractivity contribution is 7.96. The van der Waals surface area contributed by atoms with E-state index in [9.17, 15) is 36.9 Å². The highest BCUT2D eigenvalue weighted by Gasteiger charge is 2.46. The number of imidazole rings is 1. The van der Waals surface area contributed by atoms with Crippen LogP contribution in [0.15, 0.2) is 71.0 Å². The second kappa shape index (κ2) is 22.6. The number of nitrogen functional groups attached to an aromatic ring is 1. The Morgan fingerprint density at radius 2 is 1.22 bits per heavy atom. The van der Waals surface area contributed by atoms with Crippen molar-refractivity contribution < 1.29 is 85.8 Å². The summed E-state index contributed by atoms with van der Waals surface area (Å²) in [6.45, 7) is 3.68. The standard InChI is InChI=1S/C15H22N6O5S.2C7H8O3S.2H2O4S/c1-27(3-2-7(16)15(24)25)4-8-10(22)11(23)14(26-8)21-6-20-9-12(17)18-5-19-13(9)21;2*1-6-2-4-7(5-3-6)11(8,9)10;2*1-5(2,3)4/h5-8,10-11,14,22-23H,2-4,16H2,1H3,(H2-,17,18,19,24,25);2*2-5H,1H3,(H,8,9,10);2*(H2,1,2,3,4)/t7-,8+,10+,11+,14+,27?;;;;/m0..../s1. The van der Waals surface area contributed by atoms with Crippen LogP contribution in [0.4, 0.5) is 5.82 Å². The van der Waals surface area contributed by atoms with Gasteiger partial charge in [0.05, 0.1) is 28.3 Å². The number of carbonyl (C=O) groups excluding carboxylic acids is 1. The van der Waals surface area contributed by atoms with Crippen LogP contribution in [0.25, 0.3) is 11.2 Å². The van der Waals surface area contributed by atoms with Crippen molar-refractivity contribution in [2.45, 2.75) is 60.6 Å². The van der Waals surface area contributed by atoms with Gasteiger partial charge in [0.15, 0.2) is 17.7 Å². The van der Waals surface area contributed by atoms with Gasteiger partial charge in [0, 0.05) is 12.5 Å². The van der Waals surface area contributed by atoms with Gasteiger partial charge in [0.2, 0.25) is 0 Å². The number of rotatable bonds is 9. The topological polar surface area (TPSA) is 443 Å². The van der Waals surface area contributed by atoms with E-state index in [2.05, 4.69) is 15.0 Å². The molecule has 0 aliphatic carbocycles. The number of aliphatic hydroxyl groups excluding tert-OH is 2. The largest absolute Gasteiger partial charge is 0.548 e. The van der Waals surface area contributed by atoms with Crippen LogP contribution in [0.2, 0.25) is 0 Å². The maximum atomic E-state index is 10.7. The third-order valence-corrected chi connectivity index (χ3v) is 10.7. The lowest BCUT2D eigenvalue weighted by molar-refractivity contribution is -0.307. The lowest BCUT2D eigenvalue weighted by atomic mass is 10.1. The van der Waals surface area contributed by atoms with Crippen LogP contribution in [0, 0.1) is 13.8 Å². The highest BCUT2D eigenvalue weighted by atomic mass is 32.3. The molecule has 332 valence electrons. The minimum absolute atomic E-state index is 0.0666. The first-order valence-corrected chi connectivity index (χ1v) is 23.4. The summed E-state index contributed by atoms with van der Waals surface area (Å²) in [6.07, 6.45) is 1.17. The number of aliphatic carboxylic acids is 1. The normalized spacial score (nSPS) is 18.9. The summed E-state index contributed by atoms with van der Waals surface area (Å²) in [6, 6.07) is 11.0. The second-order valence-corrected chi connectivity index (χ2v) is 18.9. The molecule has 5 rings (SSSR count). The molecule has 1 aliphatic rings. The van der Waals surface area contributed by atoms with Crippen molar-refractivity contribution in [1.82, 2.24) is 19.5 Å². The zero-order valence-electron chi connectivity index (χ0n) is 30.8. The molecule has 0 saturated carbocycles. The number of aliphatic hydroxyl groups is 2. The maximum absolute atomic E-state index is 10.7. The summed E-state index contributed by atoms with van der Waals surface area (Å²) in [5.74, 6) is -0.0611. The Labute approximate surface area is 341 Å². The monoisotopic (exact) mass is 938 g/mol. The number of carboxylic acids is 1. The van der Waals surface area contributed by atoms with Crippen molar-refractivity contribution in [2.24, 2.45) is 5.73 Å². The first-order chi connectivity index (χ1) is 26.8. The molecule has 1 unspecified atom stereocenters. The van der Waals surface area contributed by atoms with Gasteiger partial charge in [-0.15, -0.1) is 0 Å². The molecule has 0 bridgehead atoms. The lowest BCUT2D eigenvalue weighted by Crippen LogP contribution is -2.43. The average molecular weight is 939 g/mol. The number of fused-ring (bicyclic) bond motifs is 1. The van der Waals surface area contributed by atoms with Crippen molar-refractivity contribution >= 4 is 74.9 Å². The number of hydrogen-bond donors (Lipinski definition) is 10. The van der Waals surface area contributed by atoms with E-state index in [-0.39, 0.29) is 32.9 Å². The van der Waals surface area contributed by atoms with Gasteiger partial charge in [-0.25, -0.2) is 15.0 Å². The summed E-state index contributed by atoms with van der Waals surface area (Å²) >= 11 is 0. The van der Waals surface area contributed by atoms with Crippen LogP contribution in [0.1, 0.15) is 23.8 Å². The van der Waals surface area contributed by atoms with Gasteiger partial charge in [-0.2, -0.15) is 33.7 Å². The van der Waals surface area contributed by atoms with Gasteiger partial charge >= 0.3 is 20.8 Å². The predicted octanol–water partition coefficient (Wildman–Crippen LogP) is -2.08. The van der Waals surface area contributed by atoms with Crippen molar-refractivity contribution in [3.05, 3.63) is 72.3 Å². The zero-order valence-corrected chi connectivity index (χ0v) is 34.9. The minimum atomic E-state index is -4.67. The minimum Gasteiger partial charge on any atom is -0.548 e. The van der Waals surface area contributed by atoms with E-state index in [1.165, 1.54) is 41.5 Å². The Kier molecular flexibility index (Phi) is 20.3. The van der Waals surface area contributed by atoms with Gasteiger partial charge in [-0.3, -0.25) is 31.9 Å². The lowest BCUT2D eigenvalue weighted by Gasteiger charge is -2.16. The van der Waals surface area contributed by atoms with Crippen LogP contribution in [0.5, 0.6) is 0 Å². The third kappa shape index (κ3) is 20.7. The van der Waals surface area contributed by atoms with Crippen molar-refractivity contribution in [3.8, 4) is 0 Å². The van der Waals surface area contributed by atoms with E-state index >= 15 is 0 Å². The van der Waals surface area contributed by atoms with Crippen molar-refractivity contribution in [3.63, 3.8) is 0 Å². The Balaban J connectivity index is 0.000000446. The van der Waals surface area contributed by atoms with Crippen molar-refractivity contribution in [2.75, 3.05) is 23.5 Å². The molecule has 59 heavy (non-hydrogen) atoms. The van der Waals surface area contributed by atoms with Crippen LogP contribution in [0.3, 0.4) is 0 Å². The van der Waals surface area contributed by atoms with Crippen molar-refractivity contribution in [1.29, 1.82) is 0 Å². The first-order valence-electron chi connectivity index (χ1n) is 15.8. The van der Waals surface area contributed by atoms with Gasteiger partial charge in [0.25, 0.3) is 20.2 Å². The SMILES string of the molecule is C[S+](CC[C@H](N)C(=O)[O-])C[C@H]1O[C@@H](n2cnc3c(N)ncnc32)[C@H](O)[C@@H]1O.Cc1ccc(S(=O)(=O)O)cc1.Cc1ccc(S(=O)(=O)O)cc1.O=S(=O)(O)O.O=S(=O)(O)O. The molecule has 2 aromatic heterocycles. The van der Waals surface area contributed by atoms with E-state index in [0.29, 0.717) is 22.7 Å². The number of nitrogens with two attached hydrogens (primary N) is 2. The van der Waals surface area contributed by atoms with Gasteiger partial charge in [0.1, 0.15) is 41.7 Å². The molecule has 0 radical (unpaired) electrons. The Morgan fingerprint density at radius 1 is 0.797 bits per heavy atom. The van der Waals surface area contributed by atoms with Crippen LogP contribution in [-0.4, -0.2) is 139 Å². The number of hydrogen-bond acceptors (Lipinski definition) is 18. The average Bonchev–Trinajstić information content (AvgIpc) is 3.63. The Hall–Kier alpha value is -3.99. The zero-order chi connectivity index (χ0) is 45.7. The molecular formula is C29H42N6O19S5. The third-order valence-electron chi connectivity index (χ3n) is 7.16. The fourth-order valence-corrected chi connectivity index (χ4v) is 7.00. The van der Waals surface area contributed by atoms with Gasteiger partial charge < -0.3 is 36.3 Å². The predicted molar refractivity (Wildman–Crippen MR) is 207 cm³/mol.